The maximum absolute atomic E-state index is 4.48. The Morgan fingerprint density at radius 3 is 2.88 bits per heavy atom. The lowest BCUT2D eigenvalue weighted by Crippen LogP contribution is -2.20. The molecule has 0 amide bonds. The maximum atomic E-state index is 4.48. The van der Waals surface area contributed by atoms with Gasteiger partial charge in [0.25, 0.3) is 0 Å². The highest BCUT2D eigenvalue weighted by atomic mass is 14.8. The van der Waals surface area contributed by atoms with Crippen LogP contribution in [0.4, 0.5) is 0 Å². The molecule has 3 aliphatic rings. The maximum Gasteiger partial charge on any atom is 0.0425 e. The minimum absolute atomic E-state index is 0.741. The SMILES string of the molecule is C1=NCC2C3C=C(c4ccccc4)C(C3)C12. The van der Waals surface area contributed by atoms with Crippen molar-refractivity contribution in [1.29, 1.82) is 0 Å². The van der Waals surface area contributed by atoms with E-state index in [1.807, 2.05) is 0 Å². The minimum Gasteiger partial charge on any atom is -0.297 e. The van der Waals surface area contributed by atoms with Gasteiger partial charge in [-0.05, 0) is 35.3 Å². The number of allylic oxidation sites excluding steroid dienone is 2. The third-order valence-corrected chi connectivity index (χ3v) is 4.53. The van der Waals surface area contributed by atoms with Crippen LogP contribution in [0.25, 0.3) is 5.57 Å². The van der Waals surface area contributed by atoms with Gasteiger partial charge in [-0.15, -0.1) is 0 Å². The van der Waals surface area contributed by atoms with E-state index in [9.17, 15) is 0 Å². The first kappa shape index (κ1) is 8.74. The molecule has 4 rings (SSSR count). The van der Waals surface area contributed by atoms with Crippen molar-refractivity contribution in [1.82, 2.24) is 0 Å². The van der Waals surface area contributed by atoms with Crippen molar-refractivity contribution >= 4 is 11.8 Å². The summed E-state index contributed by atoms with van der Waals surface area (Å²) in [4.78, 5) is 4.48. The quantitative estimate of drug-likeness (QED) is 0.674. The van der Waals surface area contributed by atoms with Gasteiger partial charge in [-0.25, -0.2) is 0 Å². The van der Waals surface area contributed by atoms with Crippen LogP contribution in [0.3, 0.4) is 0 Å². The van der Waals surface area contributed by atoms with Crippen LogP contribution in [-0.2, 0) is 0 Å². The van der Waals surface area contributed by atoms with Gasteiger partial charge in [-0.3, -0.25) is 4.99 Å². The first-order chi connectivity index (χ1) is 7.93. The first-order valence-electron chi connectivity index (χ1n) is 6.20. The van der Waals surface area contributed by atoms with Gasteiger partial charge >= 0.3 is 0 Å². The summed E-state index contributed by atoms with van der Waals surface area (Å²) in [6.07, 6.45) is 6.12. The highest BCUT2D eigenvalue weighted by molar-refractivity contribution is 5.78. The van der Waals surface area contributed by atoms with E-state index in [4.69, 9.17) is 0 Å². The Kier molecular flexibility index (Phi) is 1.68. The van der Waals surface area contributed by atoms with Crippen molar-refractivity contribution in [2.45, 2.75) is 6.42 Å². The van der Waals surface area contributed by atoms with Gasteiger partial charge in [0.1, 0.15) is 0 Å². The lowest BCUT2D eigenvalue weighted by atomic mass is 9.79. The van der Waals surface area contributed by atoms with Gasteiger partial charge in [0.2, 0.25) is 0 Å². The van der Waals surface area contributed by atoms with Crippen molar-refractivity contribution in [3.63, 3.8) is 0 Å². The molecule has 1 aromatic rings. The van der Waals surface area contributed by atoms with E-state index in [1.54, 1.807) is 5.57 Å². The smallest absolute Gasteiger partial charge is 0.0425 e. The summed E-state index contributed by atoms with van der Waals surface area (Å²) in [5.41, 5.74) is 3.01. The van der Waals surface area contributed by atoms with Crippen LogP contribution in [0.2, 0.25) is 0 Å². The highest BCUT2D eigenvalue weighted by Crippen LogP contribution is 2.55. The molecule has 1 aromatic carbocycles. The normalized spacial score (nSPS) is 38.9. The number of rotatable bonds is 1. The zero-order valence-corrected chi connectivity index (χ0v) is 9.21. The summed E-state index contributed by atoms with van der Waals surface area (Å²) in [7, 11) is 0. The average molecular weight is 209 g/mol. The van der Waals surface area contributed by atoms with Crippen LogP contribution in [-0.4, -0.2) is 12.8 Å². The zero-order chi connectivity index (χ0) is 10.5. The Hall–Kier alpha value is -1.37. The Morgan fingerprint density at radius 2 is 2.00 bits per heavy atom. The van der Waals surface area contributed by atoms with E-state index in [0.717, 1.165) is 30.2 Å². The van der Waals surface area contributed by atoms with Crippen molar-refractivity contribution < 1.29 is 0 Å². The molecule has 0 N–H and O–H groups in total. The molecule has 4 atom stereocenters. The summed E-state index contributed by atoms with van der Waals surface area (Å²) in [5, 5.41) is 0. The molecule has 0 radical (unpaired) electrons. The van der Waals surface area contributed by atoms with Crippen molar-refractivity contribution in [3.05, 3.63) is 42.0 Å². The molecule has 1 nitrogen and oxygen atoms in total. The van der Waals surface area contributed by atoms with E-state index in [-0.39, 0.29) is 0 Å². The van der Waals surface area contributed by atoms with Crippen LogP contribution in [0.15, 0.2) is 41.4 Å². The van der Waals surface area contributed by atoms with Crippen molar-refractivity contribution in [2.24, 2.45) is 28.7 Å². The van der Waals surface area contributed by atoms with Gasteiger partial charge in [0.05, 0.1) is 0 Å². The lowest BCUT2D eigenvalue weighted by Gasteiger charge is -2.23. The standard InChI is InChI=1S/C15H15N/c1-2-4-10(5-3-1)12-6-11-7-13(12)15-9-16-8-14(11)15/h1-6,9,11,13-15H,7-8H2. The molecule has 80 valence electrons. The van der Waals surface area contributed by atoms with Gasteiger partial charge in [-0.2, -0.15) is 0 Å². The predicted octanol–water partition coefficient (Wildman–Crippen LogP) is 3.04. The van der Waals surface area contributed by atoms with E-state index in [1.165, 1.54) is 12.0 Å². The molecule has 1 saturated carbocycles. The number of benzene rings is 1. The number of hydrogen-bond donors (Lipinski definition) is 0. The number of aliphatic imine (C=N–C) groups is 1. The Bertz CT molecular complexity index is 471. The van der Waals surface area contributed by atoms with Crippen LogP contribution in [0, 0.1) is 23.7 Å². The fourth-order valence-corrected chi connectivity index (χ4v) is 3.81. The second-order valence-electron chi connectivity index (χ2n) is 5.25. The summed E-state index contributed by atoms with van der Waals surface area (Å²) < 4.78 is 0. The molecule has 4 unspecified atom stereocenters. The molecule has 1 fully saturated rings. The second-order valence-corrected chi connectivity index (χ2v) is 5.25. The molecule has 0 saturated heterocycles. The van der Waals surface area contributed by atoms with E-state index in [2.05, 4.69) is 47.6 Å². The van der Waals surface area contributed by atoms with Crippen LogP contribution in [0.1, 0.15) is 12.0 Å². The van der Waals surface area contributed by atoms with E-state index < -0.39 is 0 Å². The molecule has 1 aliphatic heterocycles. The van der Waals surface area contributed by atoms with Crippen LogP contribution in [0.5, 0.6) is 0 Å². The number of hydrogen-bond acceptors (Lipinski definition) is 1. The van der Waals surface area contributed by atoms with E-state index in [0.29, 0.717) is 0 Å². The number of fused-ring (bicyclic) bond motifs is 5. The van der Waals surface area contributed by atoms with Gasteiger partial charge in [-0.1, -0.05) is 36.4 Å². The lowest BCUT2D eigenvalue weighted by molar-refractivity contribution is 0.436. The third kappa shape index (κ3) is 1.03. The van der Waals surface area contributed by atoms with Gasteiger partial charge in [0, 0.05) is 18.7 Å². The summed E-state index contributed by atoms with van der Waals surface area (Å²) >= 11 is 0. The fraction of sp³-hybridized carbons (Fsp3) is 0.400. The van der Waals surface area contributed by atoms with E-state index >= 15 is 0 Å². The molecule has 2 aliphatic carbocycles. The molecule has 0 aromatic heterocycles. The zero-order valence-electron chi connectivity index (χ0n) is 9.21. The molecule has 16 heavy (non-hydrogen) atoms. The molecule has 2 bridgehead atoms. The van der Waals surface area contributed by atoms with Gasteiger partial charge < -0.3 is 0 Å². The Balaban J connectivity index is 1.76. The fourth-order valence-electron chi connectivity index (χ4n) is 3.81. The molecular formula is C15H15N. The molecule has 1 heteroatoms. The average Bonchev–Trinajstić information content (AvgIpc) is 3.02. The first-order valence-corrected chi connectivity index (χ1v) is 6.20. The number of nitrogens with zero attached hydrogens (tertiary/aromatic N) is 1. The Morgan fingerprint density at radius 1 is 1.12 bits per heavy atom. The Labute approximate surface area is 95.9 Å². The summed E-state index contributed by atoms with van der Waals surface area (Å²) in [6, 6.07) is 10.9. The summed E-state index contributed by atoms with van der Waals surface area (Å²) in [5.74, 6) is 3.12. The predicted molar refractivity (Wildman–Crippen MR) is 66.4 cm³/mol. The highest BCUT2D eigenvalue weighted by Gasteiger charge is 2.48. The molecule has 1 heterocycles. The van der Waals surface area contributed by atoms with Crippen molar-refractivity contribution in [2.75, 3.05) is 6.54 Å². The van der Waals surface area contributed by atoms with Gasteiger partial charge in [0.15, 0.2) is 0 Å². The van der Waals surface area contributed by atoms with Crippen LogP contribution >= 0.6 is 0 Å². The molecular weight excluding hydrogens is 194 g/mol. The minimum atomic E-state index is 0.741. The monoisotopic (exact) mass is 209 g/mol. The topological polar surface area (TPSA) is 12.4 Å². The second kappa shape index (κ2) is 3.07. The van der Waals surface area contributed by atoms with Crippen LogP contribution < -0.4 is 0 Å². The third-order valence-electron chi connectivity index (χ3n) is 4.53. The summed E-state index contributed by atoms with van der Waals surface area (Å²) in [6.45, 7) is 1.07. The largest absolute Gasteiger partial charge is 0.297 e. The molecule has 0 spiro atoms. The van der Waals surface area contributed by atoms with Crippen molar-refractivity contribution in [3.8, 4) is 0 Å².